The number of hydrogen-bond acceptors (Lipinski definition) is 3. The van der Waals surface area contributed by atoms with Crippen LogP contribution in [0.25, 0.3) is 0 Å². The average Bonchev–Trinajstić information content (AvgIpc) is 2.68. The summed E-state index contributed by atoms with van der Waals surface area (Å²) in [6, 6.07) is 19.5. The highest BCUT2D eigenvalue weighted by Crippen LogP contribution is 2.28. The Morgan fingerprint density at radius 2 is 1.62 bits per heavy atom. The van der Waals surface area contributed by atoms with Gasteiger partial charge in [0.2, 0.25) is 0 Å². The van der Waals surface area contributed by atoms with Crippen molar-refractivity contribution in [3.8, 4) is 0 Å². The van der Waals surface area contributed by atoms with Gasteiger partial charge in [0.15, 0.2) is 6.61 Å². The van der Waals surface area contributed by atoms with Gasteiger partial charge < -0.3 is 10.1 Å². The quantitative estimate of drug-likeness (QED) is 0.699. The van der Waals surface area contributed by atoms with Crippen LogP contribution in [-0.2, 0) is 20.7 Å². The normalized spacial score (nSPS) is 12.8. The number of esters is 1. The third-order valence-electron chi connectivity index (χ3n) is 4.55. The van der Waals surface area contributed by atoms with Gasteiger partial charge in [-0.3, -0.25) is 9.59 Å². The number of rotatable bonds is 9. The molecule has 1 amide bonds. The molecular weight excluding hydrogens is 326 g/mol. The van der Waals surface area contributed by atoms with Crippen molar-refractivity contribution in [2.45, 2.75) is 32.6 Å². The molecule has 26 heavy (non-hydrogen) atoms. The van der Waals surface area contributed by atoms with Crippen LogP contribution in [0.5, 0.6) is 0 Å². The predicted molar refractivity (Wildman–Crippen MR) is 103 cm³/mol. The first-order valence-corrected chi connectivity index (χ1v) is 9.14. The molecule has 1 N–H and O–H groups in total. The topological polar surface area (TPSA) is 55.4 Å². The molecule has 0 unspecified atom stereocenters. The van der Waals surface area contributed by atoms with Crippen LogP contribution in [0.15, 0.2) is 60.7 Å². The summed E-state index contributed by atoms with van der Waals surface area (Å²) in [6.07, 6.45) is 1.61. The van der Waals surface area contributed by atoms with E-state index in [2.05, 4.69) is 5.32 Å². The number of carbonyl (C=O) groups is 2. The van der Waals surface area contributed by atoms with Crippen LogP contribution in [-0.4, -0.2) is 25.0 Å². The Kier molecular flexibility index (Phi) is 7.87. The van der Waals surface area contributed by atoms with Crippen molar-refractivity contribution in [1.82, 2.24) is 5.32 Å². The molecule has 0 saturated heterocycles. The molecule has 0 aliphatic heterocycles. The lowest BCUT2D eigenvalue weighted by molar-refractivity contribution is -0.151. The van der Waals surface area contributed by atoms with E-state index < -0.39 is 0 Å². The maximum atomic E-state index is 12.5. The molecule has 2 aromatic rings. The number of carbonyl (C=O) groups excluding carboxylic acids is 2. The van der Waals surface area contributed by atoms with Crippen molar-refractivity contribution in [1.29, 1.82) is 0 Å². The summed E-state index contributed by atoms with van der Waals surface area (Å²) in [6.45, 7) is 4.35. The van der Waals surface area contributed by atoms with Gasteiger partial charge in [-0.2, -0.15) is 0 Å². The highest BCUT2D eigenvalue weighted by molar-refractivity contribution is 5.83. The SMILES string of the molecule is CC[C@H](C)[C@@H](C(=O)OCC(=O)NCCc1ccccc1)c1ccccc1. The molecule has 2 rings (SSSR count). The van der Waals surface area contributed by atoms with Gasteiger partial charge in [0.05, 0.1) is 5.92 Å². The minimum absolute atomic E-state index is 0.144. The fourth-order valence-corrected chi connectivity index (χ4v) is 2.86. The van der Waals surface area contributed by atoms with Crippen LogP contribution in [0.2, 0.25) is 0 Å². The van der Waals surface area contributed by atoms with Gasteiger partial charge in [-0.1, -0.05) is 80.9 Å². The minimum Gasteiger partial charge on any atom is -0.455 e. The third kappa shape index (κ3) is 6.03. The zero-order chi connectivity index (χ0) is 18.8. The molecule has 0 heterocycles. The molecule has 0 fully saturated rings. The Balaban J connectivity index is 1.82. The highest BCUT2D eigenvalue weighted by Gasteiger charge is 2.27. The monoisotopic (exact) mass is 353 g/mol. The van der Waals surface area contributed by atoms with Gasteiger partial charge in [0, 0.05) is 6.54 Å². The molecule has 0 bridgehead atoms. The molecule has 2 atom stereocenters. The lowest BCUT2D eigenvalue weighted by Gasteiger charge is -2.21. The summed E-state index contributed by atoms with van der Waals surface area (Å²) >= 11 is 0. The minimum atomic E-state index is -0.349. The highest BCUT2D eigenvalue weighted by atomic mass is 16.5. The number of benzene rings is 2. The molecule has 0 aliphatic carbocycles. The zero-order valence-electron chi connectivity index (χ0n) is 15.5. The van der Waals surface area contributed by atoms with Gasteiger partial charge in [-0.15, -0.1) is 0 Å². The Morgan fingerprint density at radius 3 is 2.23 bits per heavy atom. The van der Waals surface area contributed by atoms with Gasteiger partial charge >= 0.3 is 5.97 Å². The average molecular weight is 353 g/mol. The first-order valence-electron chi connectivity index (χ1n) is 9.14. The standard InChI is InChI=1S/C22H27NO3/c1-3-17(2)21(19-12-8-5-9-13-19)22(25)26-16-20(24)23-15-14-18-10-6-4-7-11-18/h4-13,17,21H,3,14-16H2,1-2H3,(H,23,24)/t17-,21+/m0/s1. The van der Waals surface area contributed by atoms with Crippen LogP contribution in [0.3, 0.4) is 0 Å². The van der Waals surface area contributed by atoms with E-state index in [1.54, 1.807) is 0 Å². The number of nitrogens with one attached hydrogen (secondary N) is 1. The summed E-state index contributed by atoms with van der Waals surface area (Å²) in [4.78, 5) is 24.5. The van der Waals surface area contributed by atoms with E-state index in [0.29, 0.717) is 6.54 Å². The van der Waals surface area contributed by atoms with Crippen molar-refractivity contribution < 1.29 is 14.3 Å². The summed E-state index contributed by atoms with van der Waals surface area (Å²) in [5.41, 5.74) is 2.09. The molecule has 0 spiro atoms. The van der Waals surface area contributed by atoms with Gasteiger partial charge in [0.25, 0.3) is 5.91 Å². The smallest absolute Gasteiger partial charge is 0.314 e. The molecule has 0 aromatic heterocycles. The fraction of sp³-hybridized carbons (Fsp3) is 0.364. The Morgan fingerprint density at radius 1 is 1.00 bits per heavy atom. The summed E-state index contributed by atoms with van der Waals surface area (Å²) in [5.74, 6) is -0.821. The van der Waals surface area contributed by atoms with Gasteiger partial charge in [0.1, 0.15) is 0 Å². The molecule has 2 aromatic carbocycles. The van der Waals surface area contributed by atoms with Crippen LogP contribution < -0.4 is 5.32 Å². The van der Waals surface area contributed by atoms with Gasteiger partial charge in [-0.05, 0) is 23.5 Å². The predicted octanol–water partition coefficient (Wildman–Crippen LogP) is 3.72. The molecular formula is C22H27NO3. The fourth-order valence-electron chi connectivity index (χ4n) is 2.86. The van der Waals surface area contributed by atoms with Gasteiger partial charge in [-0.25, -0.2) is 0 Å². The Labute approximate surface area is 155 Å². The van der Waals surface area contributed by atoms with E-state index in [4.69, 9.17) is 4.74 Å². The Bertz CT molecular complexity index is 685. The van der Waals surface area contributed by atoms with Crippen LogP contribution in [0.4, 0.5) is 0 Å². The van der Waals surface area contributed by atoms with Crippen molar-refractivity contribution in [2.75, 3.05) is 13.2 Å². The van der Waals surface area contributed by atoms with Crippen molar-refractivity contribution in [3.63, 3.8) is 0 Å². The zero-order valence-corrected chi connectivity index (χ0v) is 15.5. The lowest BCUT2D eigenvalue weighted by Crippen LogP contribution is -2.32. The van der Waals surface area contributed by atoms with E-state index in [0.717, 1.165) is 24.0 Å². The van der Waals surface area contributed by atoms with E-state index in [1.165, 1.54) is 0 Å². The van der Waals surface area contributed by atoms with Crippen molar-refractivity contribution in [3.05, 3.63) is 71.8 Å². The second-order valence-corrected chi connectivity index (χ2v) is 6.47. The van der Waals surface area contributed by atoms with E-state index in [9.17, 15) is 9.59 Å². The number of hydrogen-bond donors (Lipinski definition) is 1. The molecule has 0 saturated carbocycles. The maximum absolute atomic E-state index is 12.5. The third-order valence-corrected chi connectivity index (χ3v) is 4.55. The van der Waals surface area contributed by atoms with Crippen LogP contribution in [0.1, 0.15) is 37.3 Å². The van der Waals surface area contributed by atoms with Crippen molar-refractivity contribution in [2.24, 2.45) is 5.92 Å². The second kappa shape index (κ2) is 10.4. The lowest BCUT2D eigenvalue weighted by atomic mass is 9.86. The van der Waals surface area contributed by atoms with E-state index >= 15 is 0 Å². The van der Waals surface area contributed by atoms with Crippen LogP contribution in [0, 0.1) is 5.92 Å². The molecule has 0 radical (unpaired) electrons. The summed E-state index contributed by atoms with van der Waals surface area (Å²) in [7, 11) is 0. The molecule has 0 aliphatic rings. The van der Waals surface area contributed by atoms with Crippen LogP contribution >= 0.6 is 0 Å². The maximum Gasteiger partial charge on any atom is 0.314 e. The summed E-state index contributed by atoms with van der Waals surface area (Å²) in [5, 5.41) is 2.79. The van der Waals surface area contributed by atoms with E-state index in [-0.39, 0.29) is 30.3 Å². The van der Waals surface area contributed by atoms with E-state index in [1.807, 2.05) is 74.5 Å². The molecule has 138 valence electrons. The number of ether oxygens (including phenoxy) is 1. The first kappa shape index (κ1) is 19.7. The van der Waals surface area contributed by atoms with Crippen molar-refractivity contribution >= 4 is 11.9 Å². The molecule has 4 heteroatoms. The number of amides is 1. The largest absolute Gasteiger partial charge is 0.455 e. The second-order valence-electron chi connectivity index (χ2n) is 6.47. The Hall–Kier alpha value is -2.62. The molecule has 4 nitrogen and oxygen atoms in total. The summed E-state index contributed by atoms with van der Waals surface area (Å²) < 4.78 is 5.30. The first-order chi connectivity index (χ1) is 12.6.